The van der Waals surface area contributed by atoms with Crippen LogP contribution in [0.5, 0.6) is 5.75 Å². The highest BCUT2D eigenvalue weighted by Crippen LogP contribution is 2.28. The van der Waals surface area contributed by atoms with Gasteiger partial charge in [-0.1, -0.05) is 0 Å². The number of anilines is 1. The van der Waals surface area contributed by atoms with Crippen LogP contribution in [0.25, 0.3) is 0 Å². The van der Waals surface area contributed by atoms with E-state index in [1.54, 1.807) is 53.4 Å². The number of likely N-dealkylation sites (tertiary alicyclic amines) is 1. The average Bonchev–Trinajstić information content (AvgIpc) is 2.83. The molecule has 8 nitrogen and oxygen atoms in total. The van der Waals surface area contributed by atoms with Crippen LogP contribution in [0.2, 0.25) is 0 Å². The minimum Gasteiger partial charge on any atom is -0.494 e. The summed E-state index contributed by atoms with van der Waals surface area (Å²) in [6.45, 7) is 2.74. The normalized spacial score (nSPS) is 14.7. The third-order valence-electron chi connectivity index (χ3n) is 5.61. The second-order valence-corrected chi connectivity index (χ2v) is 10.4. The van der Waals surface area contributed by atoms with Gasteiger partial charge >= 0.3 is 0 Å². The molecule has 2 aromatic rings. The summed E-state index contributed by atoms with van der Waals surface area (Å²) in [5.74, 6) is -0.330. The second-order valence-electron chi connectivity index (χ2n) is 7.67. The van der Waals surface area contributed by atoms with Gasteiger partial charge in [0.15, 0.2) is 0 Å². The highest BCUT2D eigenvalue weighted by molar-refractivity contribution is 7.98. The van der Waals surface area contributed by atoms with Gasteiger partial charge in [-0.2, -0.15) is 0 Å². The summed E-state index contributed by atoms with van der Waals surface area (Å²) in [5.41, 5.74) is 5.75. The fraction of sp³-hybridized carbons (Fsp3) is 0.391. The zero-order valence-corrected chi connectivity index (χ0v) is 20.4. The number of benzene rings is 2. The van der Waals surface area contributed by atoms with E-state index in [9.17, 15) is 18.0 Å². The van der Waals surface area contributed by atoms with Gasteiger partial charge < -0.3 is 15.4 Å². The van der Waals surface area contributed by atoms with Gasteiger partial charge in [-0.05, 0) is 74.6 Å². The molecular weight excluding hydrogens is 462 g/mol. The Bertz CT molecular complexity index is 1060. The lowest BCUT2D eigenvalue weighted by atomic mass is 9.96. The predicted octanol–water partition coefficient (Wildman–Crippen LogP) is 2.73. The number of hydrogen-bond acceptors (Lipinski definition) is 6. The van der Waals surface area contributed by atoms with E-state index in [4.69, 9.17) is 10.5 Å². The Morgan fingerprint density at radius 2 is 1.70 bits per heavy atom. The van der Waals surface area contributed by atoms with Crippen LogP contribution >= 0.6 is 11.8 Å². The molecule has 10 heteroatoms. The minimum atomic E-state index is -4.00. The molecule has 2 amide bonds. The summed E-state index contributed by atoms with van der Waals surface area (Å²) in [7, 11) is -4.00. The number of thioether (sulfide) groups is 1. The Hall–Kier alpha value is -2.72. The molecular formula is C23H29N3O5S2. The second kappa shape index (κ2) is 10.9. The molecule has 33 heavy (non-hydrogen) atoms. The van der Waals surface area contributed by atoms with Gasteiger partial charge in [0.2, 0.25) is 11.8 Å². The zero-order chi connectivity index (χ0) is 24.0. The van der Waals surface area contributed by atoms with Crippen molar-refractivity contribution >= 4 is 39.3 Å². The predicted molar refractivity (Wildman–Crippen MR) is 129 cm³/mol. The maximum absolute atomic E-state index is 13.6. The van der Waals surface area contributed by atoms with Gasteiger partial charge in [0.1, 0.15) is 12.3 Å². The number of piperidine rings is 1. The third kappa shape index (κ3) is 6.00. The molecule has 1 aliphatic heterocycles. The van der Waals surface area contributed by atoms with Crippen LogP contribution in [0.1, 0.15) is 19.8 Å². The van der Waals surface area contributed by atoms with Crippen molar-refractivity contribution < 1.29 is 22.7 Å². The van der Waals surface area contributed by atoms with E-state index in [0.29, 0.717) is 44.0 Å². The van der Waals surface area contributed by atoms with E-state index in [1.165, 1.54) is 11.8 Å². The molecule has 0 saturated carbocycles. The fourth-order valence-corrected chi connectivity index (χ4v) is 5.52. The fourth-order valence-electron chi connectivity index (χ4n) is 3.70. The van der Waals surface area contributed by atoms with Crippen LogP contribution in [-0.2, 0) is 19.6 Å². The van der Waals surface area contributed by atoms with Gasteiger partial charge in [-0.3, -0.25) is 13.9 Å². The average molecular weight is 492 g/mol. The first-order valence-corrected chi connectivity index (χ1v) is 13.4. The molecule has 0 aromatic heterocycles. The van der Waals surface area contributed by atoms with E-state index in [-0.39, 0.29) is 29.2 Å². The summed E-state index contributed by atoms with van der Waals surface area (Å²) in [4.78, 5) is 27.1. The molecule has 1 aliphatic rings. The molecule has 0 spiro atoms. The standard InChI is InChI=1S/C23H29N3O5S2/c1-3-31-19-6-4-18(5-7-19)26(33(29,30)21-10-8-20(32-2)9-11-21)16-22(27)25-14-12-17(13-15-25)23(24)28/h4-11,17H,3,12-16H2,1-2H3,(H2,24,28). The van der Waals surface area contributed by atoms with Crippen LogP contribution in [0.15, 0.2) is 58.3 Å². The number of primary amides is 1. The molecule has 1 heterocycles. The monoisotopic (exact) mass is 491 g/mol. The van der Waals surface area contributed by atoms with E-state index in [1.807, 2.05) is 13.2 Å². The molecule has 0 unspecified atom stereocenters. The maximum atomic E-state index is 13.6. The van der Waals surface area contributed by atoms with Gasteiger partial charge in [0.25, 0.3) is 10.0 Å². The smallest absolute Gasteiger partial charge is 0.264 e. The lowest BCUT2D eigenvalue weighted by Gasteiger charge is -2.33. The van der Waals surface area contributed by atoms with Crippen molar-refractivity contribution in [3.8, 4) is 5.75 Å². The van der Waals surface area contributed by atoms with E-state index < -0.39 is 10.0 Å². The van der Waals surface area contributed by atoms with E-state index in [2.05, 4.69) is 0 Å². The quantitative estimate of drug-likeness (QED) is 0.540. The van der Waals surface area contributed by atoms with Gasteiger partial charge in [-0.25, -0.2) is 8.42 Å². The molecule has 178 valence electrons. The number of hydrogen-bond donors (Lipinski definition) is 1. The first-order chi connectivity index (χ1) is 15.8. The Labute approximate surface area is 199 Å². The van der Waals surface area contributed by atoms with Crippen LogP contribution in [0, 0.1) is 5.92 Å². The lowest BCUT2D eigenvalue weighted by Crippen LogP contribution is -2.47. The molecule has 0 aliphatic carbocycles. The van der Waals surface area contributed by atoms with Gasteiger partial charge in [0, 0.05) is 23.9 Å². The number of carbonyl (C=O) groups excluding carboxylic acids is 2. The van der Waals surface area contributed by atoms with Crippen LogP contribution < -0.4 is 14.8 Å². The first kappa shape index (κ1) is 24.9. The Morgan fingerprint density at radius 3 is 2.21 bits per heavy atom. The molecule has 2 N–H and O–H groups in total. The largest absolute Gasteiger partial charge is 0.494 e. The van der Waals surface area contributed by atoms with Crippen molar-refractivity contribution in [2.45, 2.75) is 29.6 Å². The minimum absolute atomic E-state index is 0.106. The SMILES string of the molecule is CCOc1ccc(N(CC(=O)N2CCC(C(N)=O)CC2)S(=O)(=O)c2ccc(SC)cc2)cc1. The van der Waals surface area contributed by atoms with Crippen molar-refractivity contribution in [2.75, 3.05) is 36.8 Å². The number of amides is 2. The lowest BCUT2D eigenvalue weighted by molar-refractivity contribution is -0.133. The van der Waals surface area contributed by atoms with Crippen LogP contribution in [-0.4, -0.2) is 57.6 Å². The van der Waals surface area contributed by atoms with Crippen molar-refractivity contribution in [1.82, 2.24) is 4.90 Å². The van der Waals surface area contributed by atoms with E-state index >= 15 is 0 Å². The van der Waals surface area contributed by atoms with Crippen molar-refractivity contribution in [2.24, 2.45) is 11.7 Å². The van der Waals surface area contributed by atoms with Crippen molar-refractivity contribution in [3.05, 3.63) is 48.5 Å². The van der Waals surface area contributed by atoms with Crippen LogP contribution in [0.4, 0.5) is 5.69 Å². The summed E-state index contributed by atoms with van der Waals surface area (Å²) in [5, 5.41) is 0. The first-order valence-electron chi connectivity index (χ1n) is 10.7. The Morgan fingerprint density at radius 1 is 1.09 bits per heavy atom. The summed E-state index contributed by atoms with van der Waals surface area (Å²) >= 11 is 1.51. The summed E-state index contributed by atoms with van der Waals surface area (Å²) in [6.07, 6.45) is 2.87. The summed E-state index contributed by atoms with van der Waals surface area (Å²) in [6, 6.07) is 13.2. The maximum Gasteiger partial charge on any atom is 0.264 e. The number of sulfonamides is 1. The molecule has 1 saturated heterocycles. The zero-order valence-electron chi connectivity index (χ0n) is 18.8. The third-order valence-corrected chi connectivity index (χ3v) is 8.14. The molecule has 0 bridgehead atoms. The van der Waals surface area contributed by atoms with Crippen molar-refractivity contribution in [3.63, 3.8) is 0 Å². The number of rotatable bonds is 9. The number of ether oxygens (including phenoxy) is 1. The van der Waals surface area contributed by atoms with Gasteiger partial charge in [0.05, 0.1) is 17.2 Å². The topological polar surface area (TPSA) is 110 Å². The number of nitrogens with zero attached hydrogens (tertiary/aromatic N) is 2. The highest BCUT2D eigenvalue weighted by Gasteiger charge is 2.31. The Kier molecular flexibility index (Phi) is 8.25. The highest BCUT2D eigenvalue weighted by atomic mass is 32.2. The molecule has 2 aromatic carbocycles. The molecule has 1 fully saturated rings. The number of carbonyl (C=O) groups is 2. The Balaban J connectivity index is 1.88. The summed E-state index contributed by atoms with van der Waals surface area (Å²) < 4.78 is 33.7. The number of nitrogens with two attached hydrogens (primary N) is 1. The van der Waals surface area contributed by atoms with E-state index in [0.717, 1.165) is 9.20 Å². The van der Waals surface area contributed by atoms with Gasteiger partial charge in [-0.15, -0.1) is 11.8 Å². The van der Waals surface area contributed by atoms with Crippen molar-refractivity contribution in [1.29, 1.82) is 0 Å². The molecule has 3 rings (SSSR count). The molecule has 0 radical (unpaired) electrons. The molecule has 0 atom stereocenters. The van der Waals surface area contributed by atoms with Crippen LogP contribution in [0.3, 0.4) is 0 Å².